The van der Waals surface area contributed by atoms with Crippen molar-refractivity contribution in [1.29, 1.82) is 0 Å². The highest BCUT2D eigenvalue weighted by atomic mass is 79.9. The molecule has 0 spiro atoms. The zero-order chi connectivity index (χ0) is 24.9. The summed E-state index contributed by atoms with van der Waals surface area (Å²) in [5.41, 5.74) is 2.64. The van der Waals surface area contributed by atoms with Crippen LogP contribution in [0.25, 0.3) is 6.08 Å². The molecule has 4 rings (SSSR count). The van der Waals surface area contributed by atoms with E-state index in [4.69, 9.17) is 4.74 Å². The van der Waals surface area contributed by atoms with Gasteiger partial charge in [0.2, 0.25) is 5.91 Å². The fourth-order valence-electron chi connectivity index (χ4n) is 3.44. The molecule has 7 nitrogen and oxygen atoms in total. The molecule has 9 heteroatoms. The van der Waals surface area contributed by atoms with Crippen LogP contribution >= 0.6 is 15.9 Å². The van der Waals surface area contributed by atoms with Gasteiger partial charge in [0, 0.05) is 11.3 Å². The van der Waals surface area contributed by atoms with E-state index < -0.39 is 24.4 Å². The van der Waals surface area contributed by atoms with Gasteiger partial charge in [0.1, 0.15) is 30.4 Å². The Morgan fingerprint density at radius 3 is 2.66 bits per heavy atom. The Bertz CT molecular complexity index is 1340. The maximum absolute atomic E-state index is 13.8. The molecule has 0 atom stereocenters. The van der Waals surface area contributed by atoms with Crippen molar-refractivity contribution in [2.75, 3.05) is 11.9 Å². The first-order valence-electron chi connectivity index (χ1n) is 10.7. The summed E-state index contributed by atoms with van der Waals surface area (Å²) in [6, 6.07) is 18.0. The molecule has 1 saturated heterocycles. The first-order valence-corrected chi connectivity index (χ1v) is 11.5. The highest BCUT2D eigenvalue weighted by Gasteiger charge is 2.34. The minimum Gasteiger partial charge on any atom is -0.488 e. The summed E-state index contributed by atoms with van der Waals surface area (Å²) >= 11 is 3.41. The number of nitrogens with one attached hydrogen (secondary N) is 2. The predicted molar refractivity (Wildman–Crippen MR) is 133 cm³/mol. The number of carbonyl (C=O) groups excluding carboxylic acids is 3. The second-order valence-electron chi connectivity index (χ2n) is 7.87. The number of carbonyl (C=O) groups is 3. The predicted octanol–water partition coefficient (Wildman–Crippen LogP) is 5.01. The summed E-state index contributed by atoms with van der Waals surface area (Å²) in [5.74, 6) is -0.950. The van der Waals surface area contributed by atoms with Crippen LogP contribution in [-0.2, 0) is 16.2 Å². The molecule has 0 unspecified atom stereocenters. The lowest BCUT2D eigenvalue weighted by Crippen LogP contribution is -2.38. The second-order valence-corrected chi connectivity index (χ2v) is 8.72. The monoisotopic (exact) mass is 537 g/mol. The van der Waals surface area contributed by atoms with Crippen molar-refractivity contribution in [2.24, 2.45) is 0 Å². The number of nitrogens with zero attached hydrogens (tertiary/aromatic N) is 1. The molecule has 1 heterocycles. The van der Waals surface area contributed by atoms with Crippen molar-refractivity contribution in [2.45, 2.75) is 13.5 Å². The first-order chi connectivity index (χ1) is 16.8. The standard InChI is InChI=1S/C26H21BrFN3O4/c1-16-5-4-7-19(11-16)29-24(32)14-31-25(33)22(30-26(31)34)13-17-9-10-23(20(27)12-17)35-15-18-6-2-3-8-21(18)28/h2-13H,14-15H2,1H3,(H,29,32)(H,30,34)/b22-13+. The van der Waals surface area contributed by atoms with Crippen molar-refractivity contribution >= 4 is 45.5 Å². The zero-order valence-electron chi connectivity index (χ0n) is 18.7. The molecular formula is C26H21BrFN3O4. The third-order valence-electron chi connectivity index (χ3n) is 5.17. The van der Waals surface area contributed by atoms with Gasteiger partial charge in [-0.2, -0.15) is 0 Å². The van der Waals surface area contributed by atoms with Crippen LogP contribution in [-0.4, -0.2) is 29.3 Å². The number of rotatable bonds is 7. The lowest BCUT2D eigenvalue weighted by molar-refractivity contribution is -0.127. The van der Waals surface area contributed by atoms with E-state index in [9.17, 15) is 18.8 Å². The Morgan fingerprint density at radius 1 is 1.11 bits per heavy atom. The first kappa shape index (κ1) is 24.2. The van der Waals surface area contributed by atoms with E-state index >= 15 is 0 Å². The average molecular weight is 538 g/mol. The van der Waals surface area contributed by atoms with Crippen LogP contribution in [0.3, 0.4) is 0 Å². The van der Waals surface area contributed by atoms with E-state index in [2.05, 4.69) is 26.6 Å². The Balaban J connectivity index is 1.40. The molecule has 35 heavy (non-hydrogen) atoms. The highest BCUT2D eigenvalue weighted by molar-refractivity contribution is 9.10. The van der Waals surface area contributed by atoms with Gasteiger partial charge in [-0.05, 0) is 70.4 Å². The normalized spacial score (nSPS) is 14.3. The van der Waals surface area contributed by atoms with E-state index in [1.54, 1.807) is 54.6 Å². The SMILES string of the molecule is Cc1cccc(NC(=O)CN2C(=O)N/C(=C/c3ccc(OCc4ccccc4F)c(Br)c3)C2=O)c1. The Morgan fingerprint density at radius 2 is 1.91 bits per heavy atom. The number of anilines is 1. The molecule has 3 aromatic rings. The number of aryl methyl sites for hydroxylation is 1. The Kier molecular flexibility index (Phi) is 7.26. The maximum Gasteiger partial charge on any atom is 0.329 e. The van der Waals surface area contributed by atoms with Gasteiger partial charge in [0.25, 0.3) is 5.91 Å². The molecule has 2 N–H and O–H groups in total. The Labute approximate surface area is 209 Å². The van der Waals surface area contributed by atoms with Crippen molar-refractivity contribution in [3.63, 3.8) is 0 Å². The van der Waals surface area contributed by atoms with E-state index in [1.165, 1.54) is 12.1 Å². The van der Waals surface area contributed by atoms with Crippen LogP contribution < -0.4 is 15.4 Å². The lowest BCUT2D eigenvalue weighted by atomic mass is 10.2. The van der Waals surface area contributed by atoms with Gasteiger partial charge in [-0.25, -0.2) is 14.1 Å². The molecule has 178 valence electrons. The van der Waals surface area contributed by atoms with E-state index in [-0.39, 0.29) is 18.1 Å². The van der Waals surface area contributed by atoms with Gasteiger partial charge in [-0.1, -0.05) is 36.4 Å². The van der Waals surface area contributed by atoms with Gasteiger partial charge in [-0.15, -0.1) is 0 Å². The third-order valence-corrected chi connectivity index (χ3v) is 5.79. The van der Waals surface area contributed by atoms with Crippen molar-refractivity contribution < 1.29 is 23.5 Å². The molecule has 3 aromatic carbocycles. The molecule has 0 aromatic heterocycles. The molecule has 1 aliphatic rings. The number of urea groups is 1. The summed E-state index contributed by atoms with van der Waals surface area (Å²) in [7, 11) is 0. The van der Waals surface area contributed by atoms with Gasteiger partial charge in [0.15, 0.2) is 0 Å². The quantitative estimate of drug-likeness (QED) is 0.327. The second kappa shape index (κ2) is 10.5. The molecule has 0 radical (unpaired) electrons. The molecule has 1 aliphatic heterocycles. The molecule has 4 amide bonds. The van der Waals surface area contributed by atoms with Gasteiger partial charge in [0.05, 0.1) is 4.47 Å². The fraction of sp³-hybridized carbons (Fsp3) is 0.115. The zero-order valence-corrected chi connectivity index (χ0v) is 20.3. The fourth-order valence-corrected chi connectivity index (χ4v) is 3.95. The molecule has 0 aliphatic carbocycles. The van der Waals surface area contributed by atoms with Crippen LogP contribution in [0.5, 0.6) is 5.75 Å². The van der Waals surface area contributed by atoms with Gasteiger partial charge in [-0.3, -0.25) is 9.59 Å². The van der Waals surface area contributed by atoms with Crippen molar-refractivity contribution in [3.05, 3.63) is 99.4 Å². The minimum atomic E-state index is -0.676. The summed E-state index contributed by atoms with van der Waals surface area (Å²) < 4.78 is 20.1. The number of hydrogen-bond acceptors (Lipinski definition) is 4. The third kappa shape index (κ3) is 5.93. The number of hydrogen-bond donors (Lipinski definition) is 2. The topological polar surface area (TPSA) is 87.7 Å². The number of imide groups is 1. The van der Waals surface area contributed by atoms with Gasteiger partial charge < -0.3 is 15.4 Å². The summed E-state index contributed by atoms with van der Waals surface area (Å²) in [5, 5.41) is 5.18. The smallest absolute Gasteiger partial charge is 0.329 e. The Hall–Kier alpha value is -3.98. The molecule has 1 fully saturated rings. The number of amides is 4. The van der Waals surface area contributed by atoms with Crippen LogP contribution in [0.2, 0.25) is 0 Å². The highest BCUT2D eigenvalue weighted by Crippen LogP contribution is 2.28. The average Bonchev–Trinajstić information content (AvgIpc) is 3.07. The van der Waals surface area contributed by atoms with Crippen molar-refractivity contribution in [3.8, 4) is 5.75 Å². The maximum atomic E-state index is 13.8. The summed E-state index contributed by atoms with van der Waals surface area (Å²) in [4.78, 5) is 38.2. The van der Waals surface area contributed by atoms with E-state index in [1.807, 2.05) is 13.0 Å². The van der Waals surface area contributed by atoms with Crippen LogP contribution in [0.15, 0.2) is 76.9 Å². The largest absolute Gasteiger partial charge is 0.488 e. The lowest BCUT2D eigenvalue weighted by Gasteiger charge is -2.12. The molecule has 0 bridgehead atoms. The van der Waals surface area contributed by atoms with Crippen molar-refractivity contribution in [1.82, 2.24) is 10.2 Å². The molecular weight excluding hydrogens is 517 g/mol. The van der Waals surface area contributed by atoms with Crippen LogP contribution in [0, 0.1) is 12.7 Å². The summed E-state index contributed by atoms with van der Waals surface area (Å²) in [6.07, 6.45) is 1.50. The summed E-state index contributed by atoms with van der Waals surface area (Å²) in [6.45, 7) is 1.53. The number of halogens is 2. The van der Waals surface area contributed by atoms with E-state index in [0.717, 1.165) is 10.5 Å². The number of benzene rings is 3. The molecule has 0 saturated carbocycles. The van der Waals surface area contributed by atoms with Gasteiger partial charge >= 0.3 is 6.03 Å². The van der Waals surface area contributed by atoms with Crippen LogP contribution in [0.1, 0.15) is 16.7 Å². The number of ether oxygens (including phenoxy) is 1. The van der Waals surface area contributed by atoms with Crippen LogP contribution in [0.4, 0.5) is 14.9 Å². The van der Waals surface area contributed by atoms with E-state index in [0.29, 0.717) is 27.0 Å². The minimum absolute atomic E-state index is 0.0466.